The highest BCUT2D eigenvalue weighted by Crippen LogP contribution is 2.29. The Kier molecular flexibility index (Phi) is 7.87. The molecule has 0 fully saturated rings. The smallest absolute Gasteiger partial charge is 0.338 e. The standard InChI is InChI=1S/C22H27NO5/c1-5-27-19-12-10-16(14-20(19)28-6-2)11-13-21(24)23-18-9-7-8-17(15(18)3)22(25)26-4/h7-10,12,14H,5-6,11,13H2,1-4H3,(H,23,24). The summed E-state index contributed by atoms with van der Waals surface area (Å²) in [5, 5.41) is 2.87. The summed E-state index contributed by atoms with van der Waals surface area (Å²) in [7, 11) is 1.33. The molecule has 0 unspecified atom stereocenters. The topological polar surface area (TPSA) is 73.9 Å². The van der Waals surface area contributed by atoms with Gasteiger partial charge in [0, 0.05) is 12.1 Å². The van der Waals surface area contributed by atoms with Crippen LogP contribution < -0.4 is 14.8 Å². The molecule has 150 valence electrons. The van der Waals surface area contributed by atoms with Gasteiger partial charge in [0.1, 0.15) is 0 Å². The average Bonchev–Trinajstić information content (AvgIpc) is 2.69. The van der Waals surface area contributed by atoms with Gasteiger partial charge in [-0.1, -0.05) is 12.1 Å². The average molecular weight is 385 g/mol. The minimum atomic E-state index is -0.425. The molecule has 0 saturated heterocycles. The number of carbonyl (C=O) groups excluding carboxylic acids is 2. The first-order valence-corrected chi connectivity index (χ1v) is 9.36. The Labute approximate surface area is 165 Å². The number of hydrogen-bond acceptors (Lipinski definition) is 5. The summed E-state index contributed by atoms with van der Waals surface area (Å²) < 4.78 is 16.0. The third-order valence-electron chi connectivity index (χ3n) is 4.26. The van der Waals surface area contributed by atoms with Gasteiger partial charge in [0.2, 0.25) is 5.91 Å². The molecule has 2 aromatic rings. The van der Waals surface area contributed by atoms with Gasteiger partial charge in [-0.3, -0.25) is 4.79 Å². The summed E-state index contributed by atoms with van der Waals surface area (Å²) >= 11 is 0. The number of carbonyl (C=O) groups is 2. The molecule has 0 aliphatic carbocycles. The highest BCUT2D eigenvalue weighted by molar-refractivity contribution is 5.96. The van der Waals surface area contributed by atoms with Gasteiger partial charge in [0.05, 0.1) is 25.9 Å². The van der Waals surface area contributed by atoms with E-state index in [-0.39, 0.29) is 5.91 Å². The number of benzene rings is 2. The molecule has 6 heteroatoms. The fourth-order valence-electron chi connectivity index (χ4n) is 2.82. The molecule has 0 atom stereocenters. The van der Waals surface area contributed by atoms with E-state index in [4.69, 9.17) is 14.2 Å². The van der Waals surface area contributed by atoms with Crippen LogP contribution in [0, 0.1) is 6.92 Å². The van der Waals surface area contributed by atoms with Gasteiger partial charge in [-0.05, 0) is 62.6 Å². The number of amides is 1. The number of rotatable bonds is 9. The zero-order valence-electron chi connectivity index (χ0n) is 16.8. The van der Waals surface area contributed by atoms with Crippen LogP contribution in [0.25, 0.3) is 0 Å². The summed E-state index contributed by atoms with van der Waals surface area (Å²) in [6.07, 6.45) is 0.871. The van der Waals surface area contributed by atoms with Gasteiger partial charge in [-0.25, -0.2) is 4.79 Å². The lowest BCUT2D eigenvalue weighted by Gasteiger charge is -2.13. The van der Waals surface area contributed by atoms with Crippen molar-refractivity contribution in [2.45, 2.75) is 33.6 Å². The Bertz CT molecular complexity index is 832. The zero-order chi connectivity index (χ0) is 20.5. The molecule has 0 bridgehead atoms. The van der Waals surface area contributed by atoms with Crippen LogP contribution in [0.2, 0.25) is 0 Å². The summed E-state index contributed by atoms with van der Waals surface area (Å²) in [4.78, 5) is 24.2. The molecule has 0 spiro atoms. The van der Waals surface area contributed by atoms with Crippen LogP contribution in [0.3, 0.4) is 0 Å². The van der Waals surface area contributed by atoms with E-state index < -0.39 is 5.97 Å². The summed E-state index contributed by atoms with van der Waals surface area (Å²) in [6, 6.07) is 10.9. The minimum Gasteiger partial charge on any atom is -0.490 e. The van der Waals surface area contributed by atoms with E-state index >= 15 is 0 Å². The molecule has 0 aromatic heterocycles. The van der Waals surface area contributed by atoms with Crippen molar-refractivity contribution in [2.24, 2.45) is 0 Å². The molecular weight excluding hydrogens is 358 g/mol. The predicted molar refractivity (Wildman–Crippen MR) is 108 cm³/mol. The first kappa shape index (κ1) is 21.3. The number of methoxy groups -OCH3 is 1. The lowest BCUT2D eigenvalue weighted by Crippen LogP contribution is -2.15. The van der Waals surface area contributed by atoms with Gasteiger partial charge in [-0.2, -0.15) is 0 Å². The largest absolute Gasteiger partial charge is 0.490 e. The van der Waals surface area contributed by atoms with Crippen molar-refractivity contribution in [1.29, 1.82) is 0 Å². The molecule has 1 amide bonds. The molecule has 0 aliphatic heterocycles. The summed E-state index contributed by atoms with van der Waals surface area (Å²) in [6.45, 7) is 6.72. The van der Waals surface area contributed by atoms with E-state index in [1.165, 1.54) is 7.11 Å². The van der Waals surface area contributed by atoms with Crippen LogP contribution in [0.15, 0.2) is 36.4 Å². The van der Waals surface area contributed by atoms with Gasteiger partial charge in [-0.15, -0.1) is 0 Å². The highest BCUT2D eigenvalue weighted by Gasteiger charge is 2.14. The number of hydrogen-bond donors (Lipinski definition) is 1. The number of anilines is 1. The van der Waals surface area contributed by atoms with E-state index in [9.17, 15) is 9.59 Å². The van der Waals surface area contributed by atoms with Crippen molar-refractivity contribution in [2.75, 3.05) is 25.6 Å². The Morgan fingerprint density at radius 1 is 1.00 bits per heavy atom. The summed E-state index contributed by atoms with van der Waals surface area (Å²) in [5.41, 5.74) is 2.72. The zero-order valence-corrected chi connectivity index (χ0v) is 16.8. The molecule has 2 rings (SSSR count). The quantitative estimate of drug-likeness (QED) is 0.657. The molecule has 2 aromatic carbocycles. The van der Waals surface area contributed by atoms with Crippen LogP contribution in [-0.2, 0) is 16.0 Å². The maximum Gasteiger partial charge on any atom is 0.338 e. The van der Waals surface area contributed by atoms with Crippen molar-refractivity contribution in [3.8, 4) is 11.5 Å². The maximum absolute atomic E-state index is 12.4. The van der Waals surface area contributed by atoms with Crippen LogP contribution in [0.5, 0.6) is 11.5 Å². The molecule has 6 nitrogen and oxygen atoms in total. The predicted octanol–water partition coefficient (Wildman–Crippen LogP) is 4.15. The van der Waals surface area contributed by atoms with Gasteiger partial charge in [0.15, 0.2) is 11.5 Å². The monoisotopic (exact) mass is 385 g/mol. The lowest BCUT2D eigenvalue weighted by atomic mass is 10.1. The first-order valence-electron chi connectivity index (χ1n) is 9.36. The second-order valence-electron chi connectivity index (χ2n) is 6.17. The molecule has 1 N–H and O–H groups in total. The van der Waals surface area contributed by atoms with E-state index in [0.717, 1.165) is 5.56 Å². The van der Waals surface area contributed by atoms with Gasteiger partial charge >= 0.3 is 5.97 Å². The van der Waals surface area contributed by atoms with Crippen LogP contribution in [0.4, 0.5) is 5.69 Å². The number of esters is 1. The van der Waals surface area contributed by atoms with Gasteiger partial charge < -0.3 is 19.5 Å². The molecule has 0 saturated carbocycles. The number of nitrogens with one attached hydrogen (secondary N) is 1. The lowest BCUT2D eigenvalue weighted by molar-refractivity contribution is -0.116. The Morgan fingerprint density at radius 3 is 2.39 bits per heavy atom. The SMILES string of the molecule is CCOc1ccc(CCC(=O)Nc2cccc(C(=O)OC)c2C)cc1OCC. The van der Waals surface area contributed by atoms with Gasteiger partial charge in [0.25, 0.3) is 0 Å². The van der Waals surface area contributed by atoms with Crippen LogP contribution >= 0.6 is 0 Å². The van der Waals surface area contributed by atoms with Crippen molar-refractivity contribution < 1.29 is 23.8 Å². The van der Waals surface area contributed by atoms with Crippen LogP contribution in [0.1, 0.15) is 41.8 Å². The maximum atomic E-state index is 12.4. The minimum absolute atomic E-state index is 0.128. The molecule has 28 heavy (non-hydrogen) atoms. The van der Waals surface area contributed by atoms with E-state index in [0.29, 0.717) is 54.4 Å². The number of aryl methyl sites for hydroxylation is 1. The molecule has 0 heterocycles. The third-order valence-corrected chi connectivity index (χ3v) is 4.26. The second kappa shape index (κ2) is 10.3. The molecular formula is C22H27NO5. The van der Waals surface area contributed by atoms with Crippen molar-refractivity contribution in [3.05, 3.63) is 53.1 Å². The first-order chi connectivity index (χ1) is 13.5. The van der Waals surface area contributed by atoms with Crippen molar-refractivity contribution in [1.82, 2.24) is 0 Å². The van der Waals surface area contributed by atoms with Crippen molar-refractivity contribution >= 4 is 17.6 Å². The van der Waals surface area contributed by atoms with E-state index in [1.54, 1.807) is 25.1 Å². The Hall–Kier alpha value is -3.02. The van der Waals surface area contributed by atoms with E-state index in [2.05, 4.69) is 5.32 Å². The number of ether oxygens (including phenoxy) is 3. The Morgan fingerprint density at radius 2 is 1.71 bits per heavy atom. The van der Waals surface area contributed by atoms with Crippen LogP contribution in [-0.4, -0.2) is 32.2 Å². The van der Waals surface area contributed by atoms with E-state index in [1.807, 2.05) is 32.0 Å². The summed E-state index contributed by atoms with van der Waals surface area (Å²) in [5.74, 6) is 0.833. The molecule has 0 radical (unpaired) electrons. The fraction of sp³-hybridized carbons (Fsp3) is 0.364. The Balaban J connectivity index is 2.03. The normalized spacial score (nSPS) is 10.3. The molecule has 0 aliphatic rings. The highest BCUT2D eigenvalue weighted by atomic mass is 16.5. The third kappa shape index (κ3) is 5.49. The fourth-order valence-corrected chi connectivity index (χ4v) is 2.82. The van der Waals surface area contributed by atoms with Crippen molar-refractivity contribution in [3.63, 3.8) is 0 Å². The second-order valence-corrected chi connectivity index (χ2v) is 6.17.